The Hall–Kier alpha value is -2.63. The molecule has 1 atom stereocenters. The van der Waals surface area contributed by atoms with E-state index in [0.29, 0.717) is 11.6 Å². The smallest absolute Gasteiger partial charge is 0.254 e. The highest BCUT2D eigenvalue weighted by Crippen LogP contribution is 2.33. The van der Waals surface area contributed by atoms with E-state index in [4.69, 9.17) is 5.73 Å². The van der Waals surface area contributed by atoms with E-state index in [2.05, 4.69) is 27.0 Å². The zero-order valence-corrected chi connectivity index (χ0v) is 15.2. The first-order valence-electron chi connectivity index (χ1n) is 9.39. The molecule has 6 nitrogen and oxygen atoms in total. The molecule has 0 unspecified atom stereocenters. The lowest BCUT2D eigenvalue weighted by Gasteiger charge is -2.25. The number of nitrogens with zero attached hydrogens (tertiary/aromatic N) is 4. The summed E-state index contributed by atoms with van der Waals surface area (Å²) in [4.78, 5) is 26.0. The molecule has 0 saturated carbocycles. The van der Waals surface area contributed by atoms with Gasteiger partial charge in [0.25, 0.3) is 5.91 Å². The number of nitrogens with two attached hydrogens (primary N) is 1. The predicted octanol–water partition coefficient (Wildman–Crippen LogP) is 2.94. The summed E-state index contributed by atoms with van der Waals surface area (Å²) in [6.07, 6.45) is 4.38. The van der Waals surface area contributed by atoms with Gasteiger partial charge in [-0.05, 0) is 56.9 Å². The van der Waals surface area contributed by atoms with Crippen LogP contribution in [0.2, 0.25) is 0 Å². The molecule has 2 aromatic rings. The molecule has 3 heterocycles. The molecule has 1 aromatic carbocycles. The van der Waals surface area contributed by atoms with E-state index in [1.165, 1.54) is 18.5 Å². The largest absolute Gasteiger partial charge is 0.384 e. The standard InChI is InChI=1S/C20H25N5O/c1-14-22-17(13-19(21)23-14)18-5-4-12-25(18)20(26)15-6-8-16(9-7-15)24-10-2-3-11-24/h6-9,13,18H,2-5,10-12H2,1H3,(H2,21,22,23)/t18-/m1/s1. The van der Waals surface area contributed by atoms with Crippen LogP contribution in [0.25, 0.3) is 0 Å². The van der Waals surface area contributed by atoms with Crippen LogP contribution in [0.15, 0.2) is 30.3 Å². The molecule has 6 heteroatoms. The second kappa shape index (κ2) is 6.94. The number of aromatic nitrogens is 2. The van der Waals surface area contributed by atoms with Crippen molar-refractivity contribution in [3.05, 3.63) is 47.4 Å². The Morgan fingerprint density at radius 2 is 1.81 bits per heavy atom. The Balaban J connectivity index is 1.54. The molecule has 136 valence electrons. The van der Waals surface area contributed by atoms with Crippen LogP contribution in [0.5, 0.6) is 0 Å². The number of benzene rings is 1. The van der Waals surface area contributed by atoms with Gasteiger partial charge in [0.1, 0.15) is 11.6 Å². The van der Waals surface area contributed by atoms with Crippen molar-refractivity contribution < 1.29 is 4.79 Å². The molecule has 2 aliphatic heterocycles. The summed E-state index contributed by atoms with van der Waals surface area (Å²) in [5.41, 5.74) is 8.66. The number of rotatable bonds is 3. The molecule has 1 aromatic heterocycles. The maximum absolute atomic E-state index is 13.1. The van der Waals surface area contributed by atoms with Gasteiger partial charge in [0.2, 0.25) is 0 Å². The number of carbonyl (C=O) groups is 1. The third-order valence-corrected chi connectivity index (χ3v) is 5.32. The van der Waals surface area contributed by atoms with Crippen LogP contribution >= 0.6 is 0 Å². The Morgan fingerprint density at radius 3 is 2.50 bits per heavy atom. The number of hydrogen-bond donors (Lipinski definition) is 1. The van der Waals surface area contributed by atoms with E-state index in [-0.39, 0.29) is 11.9 Å². The molecule has 0 aliphatic carbocycles. The molecule has 2 N–H and O–H groups in total. The Morgan fingerprint density at radius 1 is 1.08 bits per heavy atom. The van der Waals surface area contributed by atoms with Gasteiger partial charge < -0.3 is 15.5 Å². The van der Waals surface area contributed by atoms with Crippen molar-refractivity contribution in [2.24, 2.45) is 0 Å². The monoisotopic (exact) mass is 351 g/mol. The SMILES string of the molecule is Cc1nc(N)cc([C@H]2CCCN2C(=O)c2ccc(N3CCCC3)cc2)n1. The lowest BCUT2D eigenvalue weighted by atomic mass is 10.1. The maximum atomic E-state index is 13.1. The molecular weight excluding hydrogens is 326 g/mol. The number of nitrogen functional groups attached to an aromatic ring is 1. The molecule has 0 bridgehead atoms. The van der Waals surface area contributed by atoms with Crippen LogP contribution in [-0.4, -0.2) is 40.4 Å². The Bertz CT molecular complexity index is 778. The van der Waals surface area contributed by atoms with Crippen molar-refractivity contribution >= 4 is 17.4 Å². The van der Waals surface area contributed by atoms with Crippen LogP contribution in [0.3, 0.4) is 0 Å². The maximum Gasteiger partial charge on any atom is 0.254 e. The number of carbonyl (C=O) groups excluding carboxylic acids is 1. The lowest BCUT2D eigenvalue weighted by Crippen LogP contribution is -2.31. The minimum absolute atomic E-state index is 0.0234. The Labute approximate surface area is 154 Å². The summed E-state index contributed by atoms with van der Waals surface area (Å²) in [6, 6.07) is 9.80. The molecule has 4 rings (SSSR count). The van der Waals surface area contributed by atoms with E-state index in [9.17, 15) is 4.79 Å². The highest BCUT2D eigenvalue weighted by Gasteiger charge is 2.32. The third kappa shape index (κ3) is 3.23. The zero-order valence-electron chi connectivity index (χ0n) is 15.2. The number of likely N-dealkylation sites (tertiary alicyclic amines) is 1. The van der Waals surface area contributed by atoms with Gasteiger partial charge >= 0.3 is 0 Å². The third-order valence-electron chi connectivity index (χ3n) is 5.32. The van der Waals surface area contributed by atoms with Gasteiger partial charge in [-0.3, -0.25) is 4.79 Å². The predicted molar refractivity (Wildman–Crippen MR) is 102 cm³/mol. The number of hydrogen-bond acceptors (Lipinski definition) is 5. The van der Waals surface area contributed by atoms with Gasteiger partial charge in [0, 0.05) is 37.0 Å². The van der Waals surface area contributed by atoms with Crippen LogP contribution < -0.4 is 10.6 Å². The van der Waals surface area contributed by atoms with Crippen LogP contribution in [0, 0.1) is 6.92 Å². The van der Waals surface area contributed by atoms with Crippen LogP contribution in [0.1, 0.15) is 53.6 Å². The zero-order chi connectivity index (χ0) is 18.1. The van der Waals surface area contributed by atoms with Gasteiger partial charge in [-0.15, -0.1) is 0 Å². The molecule has 1 amide bonds. The topological polar surface area (TPSA) is 75.3 Å². The summed E-state index contributed by atoms with van der Waals surface area (Å²) < 4.78 is 0. The fraction of sp³-hybridized carbons (Fsp3) is 0.450. The number of anilines is 2. The van der Waals surface area contributed by atoms with E-state index in [0.717, 1.165) is 43.7 Å². The minimum Gasteiger partial charge on any atom is -0.384 e. The molecule has 0 radical (unpaired) electrons. The van der Waals surface area contributed by atoms with Gasteiger partial charge in [-0.25, -0.2) is 9.97 Å². The lowest BCUT2D eigenvalue weighted by molar-refractivity contribution is 0.0732. The highest BCUT2D eigenvalue weighted by atomic mass is 16.2. The first kappa shape index (κ1) is 16.8. The Kier molecular flexibility index (Phi) is 4.49. The van der Waals surface area contributed by atoms with Crippen molar-refractivity contribution in [3.63, 3.8) is 0 Å². The number of amides is 1. The molecule has 0 spiro atoms. The quantitative estimate of drug-likeness (QED) is 0.920. The van der Waals surface area contributed by atoms with Gasteiger partial charge in [-0.1, -0.05) is 0 Å². The van der Waals surface area contributed by atoms with Crippen molar-refractivity contribution in [2.45, 2.75) is 38.6 Å². The van der Waals surface area contributed by atoms with Gasteiger partial charge in [0.15, 0.2) is 0 Å². The summed E-state index contributed by atoms with van der Waals surface area (Å²) in [5.74, 6) is 1.17. The summed E-state index contributed by atoms with van der Waals surface area (Å²) in [6.45, 7) is 4.80. The normalized spacial score (nSPS) is 20.0. The average Bonchev–Trinajstić information content (AvgIpc) is 3.32. The summed E-state index contributed by atoms with van der Waals surface area (Å²) >= 11 is 0. The second-order valence-electron chi connectivity index (χ2n) is 7.16. The average molecular weight is 351 g/mol. The fourth-order valence-corrected chi connectivity index (χ4v) is 4.06. The van der Waals surface area contributed by atoms with E-state index >= 15 is 0 Å². The molecule has 2 fully saturated rings. The molecule has 26 heavy (non-hydrogen) atoms. The van der Waals surface area contributed by atoms with Gasteiger partial charge in [0.05, 0.1) is 11.7 Å². The van der Waals surface area contributed by atoms with Crippen molar-refractivity contribution in [1.82, 2.24) is 14.9 Å². The molecule has 2 saturated heterocycles. The molecular formula is C20H25N5O. The fourth-order valence-electron chi connectivity index (χ4n) is 4.06. The van der Waals surface area contributed by atoms with Crippen molar-refractivity contribution in [1.29, 1.82) is 0 Å². The van der Waals surface area contributed by atoms with E-state index in [1.807, 2.05) is 24.0 Å². The number of aryl methyl sites for hydroxylation is 1. The molecule has 2 aliphatic rings. The van der Waals surface area contributed by atoms with Crippen molar-refractivity contribution in [2.75, 3.05) is 30.3 Å². The highest BCUT2D eigenvalue weighted by molar-refractivity contribution is 5.95. The summed E-state index contributed by atoms with van der Waals surface area (Å²) in [7, 11) is 0. The second-order valence-corrected chi connectivity index (χ2v) is 7.16. The first-order chi connectivity index (χ1) is 12.6. The minimum atomic E-state index is -0.0234. The van der Waals surface area contributed by atoms with E-state index in [1.54, 1.807) is 6.07 Å². The van der Waals surface area contributed by atoms with Crippen LogP contribution in [-0.2, 0) is 0 Å². The van der Waals surface area contributed by atoms with E-state index < -0.39 is 0 Å². The summed E-state index contributed by atoms with van der Waals surface area (Å²) in [5, 5.41) is 0. The van der Waals surface area contributed by atoms with Gasteiger partial charge in [-0.2, -0.15) is 0 Å². The van der Waals surface area contributed by atoms with Crippen LogP contribution in [0.4, 0.5) is 11.5 Å². The first-order valence-corrected chi connectivity index (χ1v) is 9.39. The van der Waals surface area contributed by atoms with Crippen molar-refractivity contribution in [3.8, 4) is 0 Å².